The third kappa shape index (κ3) is 5.30. The van der Waals surface area contributed by atoms with E-state index in [2.05, 4.69) is 21.4 Å². The third-order valence-corrected chi connectivity index (χ3v) is 6.30. The van der Waals surface area contributed by atoms with Gasteiger partial charge in [-0.25, -0.2) is 14.8 Å². The van der Waals surface area contributed by atoms with E-state index in [1.807, 2.05) is 0 Å². The largest absolute Gasteiger partial charge is 0.366 e. The number of nitriles is 1. The highest BCUT2D eigenvalue weighted by atomic mass is 16.2. The number of primary amides is 1. The first-order chi connectivity index (χ1) is 18.2. The number of anilines is 1. The summed E-state index contributed by atoms with van der Waals surface area (Å²) in [6.07, 6.45) is 3.41. The molecule has 0 bridgehead atoms. The number of nitrogens with two attached hydrogens (primary N) is 2. The monoisotopic (exact) mass is 517 g/mol. The number of hydrogen-bond donors (Lipinski definition) is 3. The first-order valence-corrected chi connectivity index (χ1v) is 12.0. The molecular weight excluding hydrogens is 490 g/mol. The summed E-state index contributed by atoms with van der Waals surface area (Å²) < 4.78 is 1.67. The SMILES string of the molecule is Cn1c(CN2C(=O)CN(c3cccc(C(N)=O)c3)C2=O)cc2cnc(C(=O)N[C@H](C#N)CCCCN)nc21. The van der Waals surface area contributed by atoms with Crippen molar-refractivity contribution < 1.29 is 19.2 Å². The smallest absolute Gasteiger partial charge is 0.332 e. The van der Waals surface area contributed by atoms with E-state index in [1.54, 1.807) is 29.8 Å². The number of unbranched alkanes of at least 4 members (excludes halogenated alkanes) is 1. The van der Waals surface area contributed by atoms with E-state index in [0.29, 0.717) is 41.8 Å². The summed E-state index contributed by atoms with van der Waals surface area (Å²) >= 11 is 0. The first-order valence-electron chi connectivity index (χ1n) is 12.0. The lowest BCUT2D eigenvalue weighted by Crippen LogP contribution is -2.35. The molecule has 3 heterocycles. The summed E-state index contributed by atoms with van der Waals surface area (Å²) in [5.41, 5.74) is 12.5. The fourth-order valence-electron chi connectivity index (χ4n) is 4.20. The maximum atomic E-state index is 13.1. The number of benzene rings is 1. The Balaban J connectivity index is 1.51. The average Bonchev–Trinajstić information content (AvgIpc) is 3.38. The number of rotatable bonds is 10. The van der Waals surface area contributed by atoms with Crippen LogP contribution in [0.15, 0.2) is 36.5 Å². The normalized spacial score (nSPS) is 14.1. The van der Waals surface area contributed by atoms with E-state index in [1.165, 1.54) is 23.2 Å². The molecule has 0 radical (unpaired) electrons. The number of fused-ring (bicyclic) bond motifs is 1. The van der Waals surface area contributed by atoms with Crippen LogP contribution in [0.3, 0.4) is 0 Å². The summed E-state index contributed by atoms with van der Waals surface area (Å²) in [6, 6.07) is 8.77. The third-order valence-electron chi connectivity index (χ3n) is 6.30. The molecule has 0 aliphatic carbocycles. The van der Waals surface area contributed by atoms with Crippen LogP contribution in [0.1, 0.15) is 45.9 Å². The van der Waals surface area contributed by atoms with Crippen LogP contribution in [-0.2, 0) is 18.4 Å². The van der Waals surface area contributed by atoms with Crippen molar-refractivity contribution in [1.82, 2.24) is 24.8 Å². The fraction of sp³-hybridized carbons (Fsp3) is 0.320. The van der Waals surface area contributed by atoms with Gasteiger partial charge in [-0.3, -0.25) is 24.2 Å². The summed E-state index contributed by atoms with van der Waals surface area (Å²) in [4.78, 5) is 60.8. The molecule has 5 N–H and O–H groups in total. The predicted molar refractivity (Wildman–Crippen MR) is 137 cm³/mol. The highest BCUT2D eigenvalue weighted by Crippen LogP contribution is 2.25. The van der Waals surface area contributed by atoms with Crippen molar-refractivity contribution in [2.45, 2.75) is 31.8 Å². The lowest BCUT2D eigenvalue weighted by Gasteiger charge is -2.18. The zero-order valence-electron chi connectivity index (χ0n) is 20.8. The molecule has 1 fully saturated rings. The van der Waals surface area contributed by atoms with Crippen molar-refractivity contribution in [2.24, 2.45) is 18.5 Å². The molecule has 1 atom stereocenters. The molecule has 196 valence electrons. The highest BCUT2D eigenvalue weighted by Gasteiger charge is 2.37. The van der Waals surface area contributed by atoms with Gasteiger partial charge in [-0.1, -0.05) is 6.07 Å². The Bertz CT molecular complexity index is 1460. The number of nitrogens with zero attached hydrogens (tertiary/aromatic N) is 6. The molecule has 2 aromatic heterocycles. The van der Waals surface area contributed by atoms with Crippen LogP contribution < -0.4 is 21.7 Å². The van der Waals surface area contributed by atoms with Gasteiger partial charge in [0.1, 0.15) is 18.2 Å². The average molecular weight is 518 g/mol. The summed E-state index contributed by atoms with van der Waals surface area (Å²) in [5, 5.41) is 12.6. The van der Waals surface area contributed by atoms with Gasteiger partial charge < -0.3 is 21.4 Å². The molecule has 0 spiro atoms. The lowest BCUT2D eigenvalue weighted by atomic mass is 10.1. The number of urea groups is 1. The molecule has 1 aromatic carbocycles. The van der Waals surface area contributed by atoms with Gasteiger partial charge in [0.15, 0.2) is 0 Å². The molecule has 5 amide bonds. The number of carbonyl (C=O) groups excluding carboxylic acids is 4. The topological polar surface area (TPSA) is 193 Å². The van der Waals surface area contributed by atoms with Crippen LogP contribution in [0.2, 0.25) is 0 Å². The zero-order valence-corrected chi connectivity index (χ0v) is 20.8. The first kappa shape index (κ1) is 26.2. The molecule has 1 aliphatic rings. The van der Waals surface area contributed by atoms with Crippen molar-refractivity contribution in [2.75, 3.05) is 18.0 Å². The van der Waals surface area contributed by atoms with E-state index in [4.69, 9.17) is 11.5 Å². The number of amides is 5. The summed E-state index contributed by atoms with van der Waals surface area (Å²) in [6.45, 7) is 0.299. The van der Waals surface area contributed by atoms with Crippen molar-refractivity contribution in [3.8, 4) is 6.07 Å². The zero-order chi connectivity index (χ0) is 27.4. The number of nitrogens with one attached hydrogen (secondary N) is 1. The lowest BCUT2D eigenvalue weighted by molar-refractivity contribution is -0.125. The Kier molecular flexibility index (Phi) is 7.63. The van der Waals surface area contributed by atoms with E-state index < -0.39 is 29.8 Å². The van der Waals surface area contributed by atoms with Gasteiger partial charge in [0.25, 0.3) is 11.8 Å². The Morgan fingerprint density at radius 3 is 2.74 bits per heavy atom. The molecule has 3 aromatic rings. The fourth-order valence-corrected chi connectivity index (χ4v) is 4.20. The molecule has 1 saturated heterocycles. The minimum Gasteiger partial charge on any atom is -0.366 e. The molecular formula is C25H27N9O4. The number of aryl methyl sites for hydroxylation is 1. The molecule has 4 rings (SSSR count). The van der Waals surface area contributed by atoms with Crippen molar-refractivity contribution in [3.05, 3.63) is 53.6 Å². The van der Waals surface area contributed by atoms with Crippen molar-refractivity contribution >= 4 is 40.5 Å². The second-order valence-corrected chi connectivity index (χ2v) is 8.87. The Morgan fingerprint density at radius 1 is 1.24 bits per heavy atom. The van der Waals surface area contributed by atoms with Crippen LogP contribution in [-0.4, -0.2) is 62.3 Å². The summed E-state index contributed by atoms with van der Waals surface area (Å²) in [5.74, 6) is -1.72. The van der Waals surface area contributed by atoms with E-state index >= 15 is 0 Å². The molecule has 13 heteroatoms. The molecule has 1 aliphatic heterocycles. The minimum absolute atomic E-state index is 0.0320. The molecule has 0 unspecified atom stereocenters. The molecule has 38 heavy (non-hydrogen) atoms. The Hall–Kier alpha value is -4.83. The second-order valence-electron chi connectivity index (χ2n) is 8.87. The second kappa shape index (κ2) is 11.1. The van der Waals surface area contributed by atoms with Crippen LogP contribution >= 0.6 is 0 Å². The van der Waals surface area contributed by atoms with Crippen LogP contribution in [0.4, 0.5) is 10.5 Å². The Labute approximate surface area is 218 Å². The van der Waals surface area contributed by atoms with Crippen molar-refractivity contribution in [1.29, 1.82) is 5.26 Å². The molecule has 0 saturated carbocycles. The minimum atomic E-state index is -0.684. The van der Waals surface area contributed by atoms with Gasteiger partial charge in [-0.15, -0.1) is 0 Å². The van der Waals surface area contributed by atoms with Gasteiger partial charge in [0, 0.05) is 35.6 Å². The van der Waals surface area contributed by atoms with Gasteiger partial charge in [-0.05, 0) is 50.1 Å². The van der Waals surface area contributed by atoms with Crippen LogP contribution in [0.5, 0.6) is 0 Å². The number of imide groups is 1. The number of carbonyl (C=O) groups is 4. The highest BCUT2D eigenvalue weighted by molar-refractivity contribution is 6.12. The quantitative estimate of drug-likeness (QED) is 0.259. The summed E-state index contributed by atoms with van der Waals surface area (Å²) in [7, 11) is 1.70. The van der Waals surface area contributed by atoms with Gasteiger partial charge in [0.2, 0.25) is 11.7 Å². The maximum Gasteiger partial charge on any atom is 0.332 e. The van der Waals surface area contributed by atoms with E-state index in [-0.39, 0.29) is 24.5 Å². The van der Waals surface area contributed by atoms with Gasteiger partial charge in [-0.2, -0.15) is 5.26 Å². The van der Waals surface area contributed by atoms with Gasteiger partial charge in [0.05, 0.1) is 12.6 Å². The standard InChI is InChI=1S/C25H27N9O4/c1-32-19(13-34-20(35)14-33(25(34)38)18-7-4-5-15(9-18)21(28)36)10-16-12-29-22(31-23(16)32)24(37)30-17(11-27)6-2-3-8-26/h4-5,7,9-10,12,17H,2-3,6,8,13-14,26H2,1H3,(H2,28,36)(H,30,37)/t17-/m0/s1. The van der Waals surface area contributed by atoms with Crippen molar-refractivity contribution in [3.63, 3.8) is 0 Å². The Morgan fingerprint density at radius 2 is 2.03 bits per heavy atom. The molecule has 13 nitrogen and oxygen atoms in total. The number of hydrogen-bond acceptors (Lipinski definition) is 8. The van der Waals surface area contributed by atoms with Crippen LogP contribution in [0.25, 0.3) is 11.0 Å². The predicted octanol–water partition coefficient (Wildman–Crippen LogP) is 0.787. The number of aromatic nitrogens is 3. The van der Waals surface area contributed by atoms with Crippen LogP contribution in [0, 0.1) is 11.3 Å². The van der Waals surface area contributed by atoms with Gasteiger partial charge >= 0.3 is 6.03 Å². The van der Waals surface area contributed by atoms with E-state index in [0.717, 1.165) is 11.3 Å². The maximum absolute atomic E-state index is 13.1. The van der Waals surface area contributed by atoms with E-state index in [9.17, 15) is 24.4 Å².